The molecule has 94 valence electrons. The molecule has 2 saturated carbocycles. The Bertz CT molecular complexity index is 460. The monoisotopic (exact) mass is 244 g/mol. The second-order valence-electron chi connectivity index (χ2n) is 5.85. The van der Waals surface area contributed by atoms with Gasteiger partial charge in [-0.25, -0.2) is 0 Å². The molecule has 0 aromatic rings. The molecule has 0 radical (unpaired) electrons. The number of esters is 2. The highest BCUT2D eigenvalue weighted by molar-refractivity contribution is 5.99. The molecule has 0 amide bonds. The van der Waals surface area contributed by atoms with Crippen molar-refractivity contribution >= 4 is 11.9 Å². The molecule has 4 atom stereocenters. The maximum atomic E-state index is 11.8. The van der Waals surface area contributed by atoms with Crippen LogP contribution in [0.3, 0.4) is 0 Å². The smallest absolute Gasteiger partial charge is 0.318 e. The summed E-state index contributed by atoms with van der Waals surface area (Å²) in [6.45, 7) is 0. The Morgan fingerprint density at radius 1 is 0.889 bits per heavy atom. The Hall–Kier alpha value is -1.38. The van der Waals surface area contributed by atoms with Gasteiger partial charge < -0.3 is 4.74 Å². The summed E-state index contributed by atoms with van der Waals surface area (Å²) in [6.07, 6.45) is 10.4. The number of carbonyl (C=O) groups is 2. The van der Waals surface area contributed by atoms with E-state index in [0.29, 0.717) is 0 Å². The van der Waals surface area contributed by atoms with Crippen LogP contribution in [0, 0.1) is 23.7 Å². The fourth-order valence-corrected chi connectivity index (χ4v) is 4.30. The quantitative estimate of drug-likeness (QED) is 0.373. The highest BCUT2D eigenvalue weighted by Gasteiger charge is 2.60. The molecule has 3 heteroatoms. The van der Waals surface area contributed by atoms with Crippen LogP contribution in [0.15, 0.2) is 23.3 Å². The van der Waals surface area contributed by atoms with Gasteiger partial charge in [0.1, 0.15) is 0 Å². The van der Waals surface area contributed by atoms with Crippen molar-refractivity contribution in [2.75, 3.05) is 0 Å². The lowest BCUT2D eigenvalue weighted by molar-refractivity contribution is -0.154. The van der Waals surface area contributed by atoms with Crippen LogP contribution < -0.4 is 0 Å². The van der Waals surface area contributed by atoms with Crippen molar-refractivity contribution < 1.29 is 14.3 Å². The molecule has 0 spiro atoms. The molecule has 0 aromatic heterocycles. The molecule has 3 nitrogen and oxygen atoms in total. The third kappa shape index (κ3) is 1.20. The van der Waals surface area contributed by atoms with Crippen LogP contribution in [-0.2, 0) is 14.3 Å². The number of cyclic esters (lactones) is 2. The van der Waals surface area contributed by atoms with Crippen LogP contribution in [0.5, 0.6) is 0 Å². The van der Waals surface area contributed by atoms with Gasteiger partial charge in [-0.05, 0) is 25.7 Å². The third-order valence-electron chi connectivity index (χ3n) is 5.02. The maximum Gasteiger partial charge on any atom is 0.318 e. The first-order chi connectivity index (χ1) is 8.77. The number of carbonyl (C=O) groups excluding carboxylic acids is 2. The van der Waals surface area contributed by atoms with E-state index in [1.165, 1.54) is 30.4 Å². The normalized spacial score (nSPS) is 41.6. The zero-order valence-corrected chi connectivity index (χ0v) is 10.2. The molecule has 3 aliphatic carbocycles. The van der Waals surface area contributed by atoms with Crippen LogP contribution in [0.1, 0.15) is 32.1 Å². The number of hydrogen-bond acceptors (Lipinski definition) is 3. The topological polar surface area (TPSA) is 43.4 Å². The van der Waals surface area contributed by atoms with E-state index in [1.54, 1.807) is 0 Å². The van der Waals surface area contributed by atoms with E-state index in [1.807, 2.05) is 0 Å². The van der Waals surface area contributed by atoms with Crippen molar-refractivity contribution in [3.63, 3.8) is 0 Å². The SMILES string of the molecule is O=C1OC(=O)[C@H]2[C@@H]1[C@H]1C=C[C@@H]2C1=C1CCCCC1. The minimum atomic E-state index is -0.296. The lowest BCUT2D eigenvalue weighted by Crippen LogP contribution is -2.21. The zero-order chi connectivity index (χ0) is 12.3. The lowest BCUT2D eigenvalue weighted by Gasteiger charge is -2.20. The largest absolute Gasteiger partial charge is 0.393 e. The third-order valence-corrected chi connectivity index (χ3v) is 5.02. The Kier molecular flexibility index (Phi) is 2.08. The fourth-order valence-electron chi connectivity index (χ4n) is 4.30. The second kappa shape index (κ2) is 3.56. The molecular formula is C15H16O3. The van der Waals surface area contributed by atoms with Crippen molar-refractivity contribution in [3.05, 3.63) is 23.3 Å². The molecule has 4 aliphatic rings. The number of ether oxygens (including phenoxy) is 1. The summed E-state index contributed by atoms with van der Waals surface area (Å²) >= 11 is 0. The van der Waals surface area contributed by atoms with Crippen LogP contribution in [0.25, 0.3) is 0 Å². The Labute approximate surface area is 106 Å². The minimum absolute atomic E-state index is 0.159. The summed E-state index contributed by atoms with van der Waals surface area (Å²) in [4.78, 5) is 23.6. The number of hydrogen-bond donors (Lipinski definition) is 0. The predicted octanol–water partition coefficient (Wildman–Crippen LogP) is 2.38. The summed E-state index contributed by atoms with van der Waals surface area (Å²) in [6, 6.07) is 0. The van der Waals surface area contributed by atoms with Gasteiger partial charge >= 0.3 is 11.9 Å². The molecule has 1 saturated heterocycles. The molecule has 2 bridgehead atoms. The van der Waals surface area contributed by atoms with Crippen LogP contribution in [0.4, 0.5) is 0 Å². The van der Waals surface area contributed by atoms with E-state index in [9.17, 15) is 9.59 Å². The van der Waals surface area contributed by atoms with Gasteiger partial charge in [-0.3, -0.25) is 9.59 Å². The van der Waals surface area contributed by atoms with Crippen LogP contribution >= 0.6 is 0 Å². The number of fused-ring (bicyclic) bond motifs is 5. The first-order valence-electron chi connectivity index (χ1n) is 6.93. The van der Waals surface area contributed by atoms with Crippen molar-refractivity contribution in [1.29, 1.82) is 0 Å². The highest BCUT2D eigenvalue weighted by atomic mass is 16.6. The molecule has 3 fully saturated rings. The van der Waals surface area contributed by atoms with E-state index in [-0.39, 0.29) is 35.6 Å². The average molecular weight is 244 g/mol. The average Bonchev–Trinajstić information content (AvgIpc) is 3.02. The van der Waals surface area contributed by atoms with Gasteiger partial charge in [0.2, 0.25) is 0 Å². The first-order valence-corrected chi connectivity index (χ1v) is 6.93. The van der Waals surface area contributed by atoms with Gasteiger partial charge in [0.25, 0.3) is 0 Å². The van der Waals surface area contributed by atoms with Gasteiger partial charge in [-0.15, -0.1) is 0 Å². The Morgan fingerprint density at radius 2 is 1.44 bits per heavy atom. The molecule has 18 heavy (non-hydrogen) atoms. The van der Waals surface area contributed by atoms with E-state index < -0.39 is 0 Å². The van der Waals surface area contributed by atoms with Gasteiger partial charge in [-0.1, -0.05) is 29.7 Å². The minimum Gasteiger partial charge on any atom is -0.393 e. The Morgan fingerprint density at radius 3 is 2.00 bits per heavy atom. The van der Waals surface area contributed by atoms with Gasteiger partial charge in [0, 0.05) is 11.8 Å². The first kappa shape index (κ1) is 10.5. The molecule has 1 aliphatic heterocycles. The summed E-state index contributed by atoms with van der Waals surface area (Å²) in [5.41, 5.74) is 2.92. The highest BCUT2D eigenvalue weighted by Crippen LogP contribution is 2.57. The zero-order valence-electron chi connectivity index (χ0n) is 10.2. The molecule has 0 aromatic carbocycles. The molecule has 1 heterocycles. The number of allylic oxidation sites excluding steroid dienone is 4. The molecule has 4 rings (SSSR count). The number of rotatable bonds is 0. The van der Waals surface area contributed by atoms with E-state index >= 15 is 0 Å². The molecular weight excluding hydrogens is 228 g/mol. The van der Waals surface area contributed by atoms with Crippen LogP contribution in [-0.4, -0.2) is 11.9 Å². The lowest BCUT2D eigenvalue weighted by atomic mass is 9.85. The van der Waals surface area contributed by atoms with Gasteiger partial charge in [0.15, 0.2) is 0 Å². The van der Waals surface area contributed by atoms with Crippen molar-refractivity contribution in [2.45, 2.75) is 32.1 Å². The second-order valence-corrected chi connectivity index (χ2v) is 5.85. The van der Waals surface area contributed by atoms with E-state index in [2.05, 4.69) is 12.2 Å². The summed E-state index contributed by atoms with van der Waals surface area (Å²) in [7, 11) is 0. The molecule has 0 N–H and O–H groups in total. The summed E-state index contributed by atoms with van der Waals surface area (Å²) in [5, 5.41) is 0. The van der Waals surface area contributed by atoms with Gasteiger partial charge in [0.05, 0.1) is 11.8 Å². The van der Waals surface area contributed by atoms with Crippen molar-refractivity contribution in [1.82, 2.24) is 0 Å². The van der Waals surface area contributed by atoms with Crippen molar-refractivity contribution in [2.24, 2.45) is 23.7 Å². The Balaban J connectivity index is 1.78. The maximum absolute atomic E-state index is 11.8. The molecule has 0 unspecified atom stereocenters. The van der Waals surface area contributed by atoms with Crippen molar-refractivity contribution in [3.8, 4) is 0 Å². The standard InChI is InChI=1S/C15H16O3/c16-14-12-9-6-7-10(13(12)15(17)18-14)11(9)8-4-2-1-3-5-8/h6-7,9-10,12-13H,1-5H2/t9-,10+,12-,13+. The van der Waals surface area contributed by atoms with Gasteiger partial charge in [-0.2, -0.15) is 0 Å². The summed E-state index contributed by atoms with van der Waals surface area (Å²) in [5.74, 6) is -0.695. The fraction of sp³-hybridized carbons (Fsp3) is 0.600. The van der Waals surface area contributed by atoms with E-state index in [4.69, 9.17) is 4.74 Å². The van der Waals surface area contributed by atoms with Crippen LogP contribution in [0.2, 0.25) is 0 Å². The van der Waals surface area contributed by atoms with E-state index in [0.717, 1.165) is 12.8 Å². The summed E-state index contributed by atoms with van der Waals surface area (Å²) < 4.78 is 4.80. The predicted molar refractivity (Wildman–Crippen MR) is 64.3 cm³/mol.